The maximum atomic E-state index is 12.5. The predicted octanol–water partition coefficient (Wildman–Crippen LogP) is 2.06. The number of alkyl halides is 3. The van der Waals surface area contributed by atoms with Gasteiger partial charge < -0.3 is 19.9 Å². The van der Waals surface area contributed by atoms with Gasteiger partial charge in [0.05, 0.1) is 12.6 Å². The molecule has 0 bridgehead atoms. The molecule has 2 N–H and O–H groups in total. The minimum absolute atomic E-state index is 0.0000740. The Balaban J connectivity index is 1.53. The number of urea groups is 1. The summed E-state index contributed by atoms with van der Waals surface area (Å²) < 4.78 is 44.1. The normalized spacial score (nSPS) is 28.1. The molecule has 0 spiro atoms. The van der Waals surface area contributed by atoms with E-state index in [4.69, 9.17) is 4.74 Å². The molecule has 1 aromatic heterocycles. The first-order valence-electron chi connectivity index (χ1n) is 7.91. The molecule has 0 unspecified atom stereocenters. The van der Waals surface area contributed by atoms with Gasteiger partial charge >= 0.3 is 12.2 Å². The molecule has 1 aromatic rings. The van der Waals surface area contributed by atoms with E-state index in [1.165, 1.54) is 12.4 Å². The number of rotatable bonds is 4. The number of hydrogen-bond acceptors (Lipinski definition) is 3. The van der Waals surface area contributed by atoms with Crippen LogP contribution in [0.3, 0.4) is 0 Å². The van der Waals surface area contributed by atoms with Gasteiger partial charge in [0.15, 0.2) is 0 Å². The number of nitrogens with zero attached hydrogens (tertiary/aromatic N) is 2. The highest BCUT2D eigenvalue weighted by Crippen LogP contribution is 2.52. The Morgan fingerprint density at radius 2 is 2.25 bits per heavy atom. The summed E-state index contributed by atoms with van der Waals surface area (Å²) in [7, 11) is 0. The van der Waals surface area contributed by atoms with Gasteiger partial charge in [-0.3, -0.25) is 0 Å². The lowest BCUT2D eigenvalue weighted by Gasteiger charge is -2.54. The molecule has 24 heavy (non-hydrogen) atoms. The third-order valence-electron chi connectivity index (χ3n) is 4.95. The fourth-order valence-electron chi connectivity index (χ4n) is 3.81. The minimum atomic E-state index is -4.33. The SMILES string of the molecule is CC1(C)[C@H](NC(=O)NCc2nccn2CC(F)(F)F)[C@@H]2CCO[C@@H]21. The van der Waals surface area contributed by atoms with Crippen molar-refractivity contribution < 1.29 is 22.7 Å². The standard InChI is InChI=1S/C15H21F3N4O2/c1-14(2)11(9-3-6-24-12(9)14)21-13(23)20-7-10-19-4-5-22(10)8-15(16,17)18/h4-5,9,11-12H,3,6-8H2,1-2H3,(H2,20,21,23)/t9-,11+,12-/m0/s1. The molecular weight excluding hydrogens is 325 g/mol. The van der Waals surface area contributed by atoms with Crippen LogP contribution in [0.25, 0.3) is 0 Å². The van der Waals surface area contributed by atoms with Crippen LogP contribution in [0.5, 0.6) is 0 Å². The van der Waals surface area contributed by atoms with Crippen molar-refractivity contribution in [3.63, 3.8) is 0 Å². The molecule has 0 aromatic carbocycles. The first kappa shape index (κ1) is 17.1. The van der Waals surface area contributed by atoms with Gasteiger partial charge in [0.1, 0.15) is 12.4 Å². The predicted molar refractivity (Wildman–Crippen MR) is 79.1 cm³/mol. The molecular formula is C15H21F3N4O2. The van der Waals surface area contributed by atoms with Crippen LogP contribution in [0.2, 0.25) is 0 Å². The van der Waals surface area contributed by atoms with Gasteiger partial charge in [0.25, 0.3) is 0 Å². The molecule has 2 heterocycles. The number of nitrogens with one attached hydrogen (secondary N) is 2. The summed E-state index contributed by atoms with van der Waals surface area (Å²) in [5.74, 6) is 0.468. The summed E-state index contributed by atoms with van der Waals surface area (Å²) in [4.78, 5) is 16.0. The van der Waals surface area contributed by atoms with Gasteiger partial charge in [-0.15, -0.1) is 0 Å². The number of imidazole rings is 1. The lowest BCUT2D eigenvalue weighted by atomic mass is 9.57. The zero-order chi connectivity index (χ0) is 17.5. The number of ether oxygens (including phenoxy) is 1. The molecule has 134 valence electrons. The molecule has 6 nitrogen and oxygen atoms in total. The number of hydrogen-bond donors (Lipinski definition) is 2. The molecule has 1 aliphatic carbocycles. The van der Waals surface area contributed by atoms with Gasteiger partial charge in [-0.25, -0.2) is 9.78 Å². The minimum Gasteiger partial charge on any atom is -0.377 e. The average molecular weight is 346 g/mol. The third-order valence-corrected chi connectivity index (χ3v) is 4.95. The molecule has 1 aliphatic heterocycles. The van der Waals surface area contributed by atoms with Gasteiger partial charge in [-0.1, -0.05) is 13.8 Å². The van der Waals surface area contributed by atoms with Crippen LogP contribution in [-0.4, -0.2) is 40.5 Å². The smallest absolute Gasteiger partial charge is 0.377 e. The Hall–Kier alpha value is -1.77. The van der Waals surface area contributed by atoms with E-state index in [0.29, 0.717) is 12.5 Å². The molecule has 2 amide bonds. The van der Waals surface area contributed by atoms with E-state index in [1.807, 2.05) is 13.8 Å². The average Bonchev–Trinajstić information content (AvgIpc) is 3.09. The van der Waals surface area contributed by atoms with Crippen molar-refractivity contribution >= 4 is 6.03 Å². The van der Waals surface area contributed by atoms with Gasteiger partial charge in [-0.2, -0.15) is 13.2 Å². The Morgan fingerprint density at radius 1 is 1.50 bits per heavy atom. The maximum absolute atomic E-state index is 12.5. The Bertz CT molecular complexity index is 614. The van der Waals surface area contributed by atoms with Crippen LogP contribution in [-0.2, 0) is 17.8 Å². The molecule has 1 saturated heterocycles. The topological polar surface area (TPSA) is 68.2 Å². The highest BCUT2D eigenvalue weighted by molar-refractivity contribution is 5.74. The first-order valence-corrected chi connectivity index (χ1v) is 7.91. The van der Waals surface area contributed by atoms with Crippen LogP contribution >= 0.6 is 0 Å². The molecule has 2 fully saturated rings. The Kier molecular flexibility index (Phi) is 4.23. The quantitative estimate of drug-likeness (QED) is 0.877. The highest BCUT2D eigenvalue weighted by Gasteiger charge is 2.59. The zero-order valence-electron chi connectivity index (χ0n) is 13.6. The fourth-order valence-corrected chi connectivity index (χ4v) is 3.81. The van der Waals surface area contributed by atoms with E-state index >= 15 is 0 Å². The van der Waals surface area contributed by atoms with E-state index in [0.717, 1.165) is 11.0 Å². The summed E-state index contributed by atoms with van der Waals surface area (Å²) in [6.45, 7) is 3.60. The number of halogens is 3. The van der Waals surface area contributed by atoms with Crippen LogP contribution in [0, 0.1) is 11.3 Å². The van der Waals surface area contributed by atoms with Crippen molar-refractivity contribution in [3.8, 4) is 0 Å². The van der Waals surface area contributed by atoms with Crippen molar-refractivity contribution in [2.75, 3.05) is 6.61 Å². The Morgan fingerprint density at radius 3 is 2.96 bits per heavy atom. The van der Waals surface area contributed by atoms with Crippen molar-refractivity contribution in [2.24, 2.45) is 11.3 Å². The van der Waals surface area contributed by atoms with Gasteiger partial charge in [0.2, 0.25) is 0 Å². The van der Waals surface area contributed by atoms with Crippen LogP contribution in [0.15, 0.2) is 12.4 Å². The van der Waals surface area contributed by atoms with Crippen molar-refractivity contribution in [3.05, 3.63) is 18.2 Å². The first-order chi connectivity index (χ1) is 11.2. The fraction of sp³-hybridized carbons (Fsp3) is 0.733. The van der Waals surface area contributed by atoms with E-state index in [9.17, 15) is 18.0 Å². The molecule has 3 rings (SSSR count). The second kappa shape index (κ2) is 5.94. The largest absolute Gasteiger partial charge is 0.406 e. The number of amides is 2. The van der Waals surface area contributed by atoms with Gasteiger partial charge in [0, 0.05) is 36.4 Å². The molecule has 3 atom stereocenters. The lowest BCUT2D eigenvalue weighted by Crippen LogP contribution is -2.67. The third kappa shape index (κ3) is 3.22. The number of fused-ring (bicyclic) bond motifs is 1. The van der Waals surface area contributed by atoms with E-state index in [2.05, 4.69) is 15.6 Å². The number of carbonyl (C=O) groups excluding carboxylic acids is 1. The summed E-state index contributed by atoms with van der Waals surface area (Å²) in [6.07, 6.45) is -0.720. The maximum Gasteiger partial charge on any atom is 0.406 e. The summed E-state index contributed by atoms with van der Waals surface area (Å²) in [5.41, 5.74) is -0.146. The monoisotopic (exact) mass is 346 g/mol. The lowest BCUT2D eigenvalue weighted by molar-refractivity contribution is -0.141. The van der Waals surface area contributed by atoms with E-state index in [1.54, 1.807) is 0 Å². The van der Waals surface area contributed by atoms with Crippen molar-refractivity contribution in [2.45, 2.75) is 51.7 Å². The van der Waals surface area contributed by atoms with E-state index < -0.39 is 18.8 Å². The van der Waals surface area contributed by atoms with Crippen LogP contribution in [0.4, 0.5) is 18.0 Å². The van der Waals surface area contributed by atoms with Crippen molar-refractivity contribution in [1.29, 1.82) is 0 Å². The second-order valence-corrected chi connectivity index (χ2v) is 6.96. The van der Waals surface area contributed by atoms with Gasteiger partial charge in [-0.05, 0) is 6.42 Å². The molecule has 0 radical (unpaired) electrons. The summed E-state index contributed by atoms with van der Waals surface area (Å²) in [5, 5.41) is 5.51. The number of aromatic nitrogens is 2. The van der Waals surface area contributed by atoms with E-state index in [-0.39, 0.29) is 29.9 Å². The van der Waals surface area contributed by atoms with Crippen LogP contribution < -0.4 is 10.6 Å². The summed E-state index contributed by atoms with van der Waals surface area (Å²) >= 11 is 0. The van der Waals surface area contributed by atoms with Crippen LogP contribution in [0.1, 0.15) is 26.1 Å². The number of carbonyl (C=O) groups is 1. The van der Waals surface area contributed by atoms with Crippen molar-refractivity contribution in [1.82, 2.24) is 20.2 Å². The molecule has 2 aliphatic rings. The molecule has 9 heteroatoms. The second-order valence-electron chi connectivity index (χ2n) is 6.96. The Labute approximate surface area is 137 Å². The molecule has 1 saturated carbocycles. The summed E-state index contributed by atoms with van der Waals surface area (Å²) in [6, 6.07) is -0.403. The highest BCUT2D eigenvalue weighted by atomic mass is 19.4. The zero-order valence-corrected chi connectivity index (χ0v) is 13.6.